The van der Waals surface area contributed by atoms with E-state index in [1.807, 2.05) is 48.5 Å². The number of halogens is 3. The van der Waals surface area contributed by atoms with Crippen molar-refractivity contribution in [3.63, 3.8) is 0 Å². The summed E-state index contributed by atoms with van der Waals surface area (Å²) < 4.78 is 19.3. The first-order valence-electron chi connectivity index (χ1n) is 21.9. The van der Waals surface area contributed by atoms with Crippen LogP contribution in [0.4, 0.5) is 15.8 Å². The van der Waals surface area contributed by atoms with Gasteiger partial charge in [0.05, 0.1) is 22.1 Å². The minimum atomic E-state index is -1.31. The molecule has 3 fully saturated rings. The fraction of sp³-hybridized carbons (Fsp3) is 0.396. The van der Waals surface area contributed by atoms with Crippen LogP contribution in [-0.2, 0) is 44.6 Å². The average molecular weight is 895 g/mol. The smallest absolute Gasteiger partial charge is 0.325 e. The van der Waals surface area contributed by atoms with Crippen LogP contribution in [-0.4, -0.2) is 50.9 Å². The highest BCUT2D eigenvalue weighted by atomic mass is 35.5. The van der Waals surface area contributed by atoms with Crippen LogP contribution in [0.25, 0.3) is 11.0 Å². The van der Waals surface area contributed by atoms with E-state index >= 15 is 4.39 Å². The van der Waals surface area contributed by atoms with Crippen molar-refractivity contribution in [2.24, 2.45) is 7.05 Å². The summed E-state index contributed by atoms with van der Waals surface area (Å²) in [4.78, 5) is 66.5. The first kappa shape index (κ1) is 42.9. The molecule has 9 rings (SSSR count). The predicted molar refractivity (Wildman–Crippen MR) is 242 cm³/mol. The van der Waals surface area contributed by atoms with E-state index in [0.29, 0.717) is 53.3 Å². The molecule has 63 heavy (non-hydrogen) atoms. The van der Waals surface area contributed by atoms with Crippen LogP contribution < -0.4 is 32.3 Å². The van der Waals surface area contributed by atoms with Crippen LogP contribution in [0.5, 0.6) is 0 Å². The van der Waals surface area contributed by atoms with Crippen molar-refractivity contribution >= 4 is 69.2 Å². The second-order valence-corrected chi connectivity index (χ2v) is 18.4. The molecule has 4 heterocycles. The van der Waals surface area contributed by atoms with Gasteiger partial charge in [-0.2, -0.15) is 0 Å². The minimum absolute atomic E-state index is 0.0732. The van der Waals surface area contributed by atoms with Gasteiger partial charge in [-0.1, -0.05) is 85.3 Å². The highest BCUT2D eigenvalue weighted by Gasteiger charge is 2.72. The number of nitrogens with zero attached hydrogens (tertiary/aromatic N) is 2. The number of carbonyl (C=O) groups is 4. The van der Waals surface area contributed by atoms with Crippen molar-refractivity contribution in [2.75, 3.05) is 17.2 Å². The molecule has 2 saturated heterocycles. The number of aromatic nitrogens is 2. The van der Waals surface area contributed by atoms with Gasteiger partial charge in [-0.25, -0.2) is 9.18 Å². The number of unbranched alkanes of at least 4 members (excludes halogenated alkanes) is 2. The van der Waals surface area contributed by atoms with Gasteiger partial charge in [-0.05, 0) is 110 Å². The second kappa shape index (κ2) is 17.3. The van der Waals surface area contributed by atoms with Crippen LogP contribution >= 0.6 is 23.2 Å². The van der Waals surface area contributed by atoms with Crippen molar-refractivity contribution < 1.29 is 23.6 Å². The minimum Gasteiger partial charge on any atom is -0.325 e. The first-order valence-corrected chi connectivity index (χ1v) is 22.6. The number of rotatable bonds is 12. The van der Waals surface area contributed by atoms with Gasteiger partial charge in [0, 0.05) is 47.9 Å². The summed E-state index contributed by atoms with van der Waals surface area (Å²) in [5, 5.41) is 16.1. The topological polar surface area (TPSA) is 155 Å². The third-order valence-corrected chi connectivity index (χ3v) is 14.4. The molecule has 1 aromatic heterocycles. The number of piperidine rings is 1. The number of hydrogen-bond donors (Lipinski definition) is 5. The van der Waals surface area contributed by atoms with Crippen molar-refractivity contribution in [2.45, 2.75) is 106 Å². The Morgan fingerprint density at radius 1 is 0.873 bits per heavy atom. The van der Waals surface area contributed by atoms with Crippen LogP contribution in [0.15, 0.2) is 83.7 Å². The molecule has 2 spiro atoms. The summed E-state index contributed by atoms with van der Waals surface area (Å²) in [5.41, 5.74) is 3.28. The molecule has 4 atom stereocenters. The molecule has 4 aromatic carbocycles. The van der Waals surface area contributed by atoms with Crippen LogP contribution in [0.3, 0.4) is 0 Å². The summed E-state index contributed by atoms with van der Waals surface area (Å²) >= 11 is 12.8. The molecule has 4 aliphatic rings. The molecule has 5 aromatic rings. The zero-order chi connectivity index (χ0) is 44.0. The van der Waals surface area contributed by atoms with E-state index in [1.54, 1.807) is 35.9 Å². The molecular formula is C48H50Cl2FN7O5. The number of nitrogens with one attached hydrogen (secondary N) is 5. The molecule has 328 valence electrons. The van der Waals surface area contributed by atoms with Gasteiger partial charge < -0.3 is 16.0 Å². The Morgan fingerprint density at radius 2 is 1.65 bits per heavy atom. The number of carbonyl (C=O) groups excluding carboxylic acids is 4. The fourth-order valence-electron chi connectivity index (χ4n) is 10.9. The van der Waals surface area contributed by atoms with Crippen LogP contribution in [0.1, 0.15) is 98.4 Å². The van der Waals surface area contributed by atoms with E-state index in [1.165, 1.54) is 10.6 Å². The lowest BCUT2D eigenvalue weighted by Crippen LogP contribution is -2.60. The van der Waals surface area contributed by atoms with Crippen LogP contribution in [0.2, 0.25) is 10.0 Å². The van der Waals surface area contributed by atoms with Gasteiger partial charge in [-0.15, -0.1) is 0 Å². The highest BCUT2D eigenvalue weighted by molar-refractivity contribution is 6.31. The number of amides is 4. The Balaban J connectivity index is 0.824. The summed E-state index contributed by atoms with van der Waals surface area (Å²) in [7, 11) is 1.70. The molecule has 1 aliphatic carbocycles. The summed E-state index contributed by atoms with van der Waals surface area (Å²) in [6.07, 6.45) is 8.28. The maximum Gasteiger partial charge on any atom is 0.329 e. The normalized spacial score (nSPS) is 22.7. The first-order chi connectivity index (χ1) is 30.4. The molecule has 4 amide bonds. The fourth-order valence-corrected chi connectivity index (χ4v) is 11.3. The molecule has 3 aliphatic heterocycles. The lowest BCUT2D eigenvalue weighted by molar-refractivity contribution is -0.135. The Hall–Kier alpha value is -5.34. The van der Waals surface area contributed by atoms with E-state index in [-0.39, 0.29) is 40.4 Å². The zero-order valence-corrected chi connectivity index (χ0v) is 36.5. The van der Waals surface area contributed by atoms with Gasteiger partial charge in [0.25, 0.3) is 0 Å². The summed E-state index contributed by atoms with van der Waals surface area (Å²) in [6.45, 7) is 1.47. The van der Waals surface area contributed by atoms with Crippen LogP contribution in [0, 0.1) is 5.82 Å². The van der Waals surface area contributed by atoms with Gasteiger partial charge >= 0.3 is 5.69 Å². The van der Waals surface area contributed by atoms with E-state index in [9.17, 15) is 24.0 Å². The monoisotopic (exact) mass is 893 g/mol. The number of imidazole rings is 1. The average Bonchev–Trinajstić information content (AvgIpc) is 3.82. The Kier molecular flexibility index (Phi) is 11.8. The van der Waals surface area contributed by atoms with Crippen molar-refractivity contribution in [1.29, 1.82) is 0 Å². The van der Waals surface area contributed by atoms with E-state index in [4.69, 9.17) is 23.2 Å². The van der Waals surface area contributed by atoms with Gasteiger partial charge in [0.2, 0.25) is 23.6 Å². The third-order valence-electron chi connectivity index (χ3n) is 13.9. The number of aryl methyl sites for hydroxylation is 2. The molecular weight excluding hydrogens is 844 g/mol. The largest absolute Gasteiger partial charge is 0.329 e. The SMILES string of the molecule is Cn1c(=O)n(C2CCC(=O)NC2=O)c2ccc(CCCCCNCc3ccc(NC(=O)[C@@H]4NC5(CCCCC5)[C@@]5(C(=O)Nc6cc(Cl)ccc65)[C@H]4c4cccc(Cl)c4F)cc3)cc21. The number of anilines is 2. The second-order valence-electron chi connectivity index (χ2n) is 17.5. The van der Waals surface area contributed by atoms with Crippen molar-refractivity contribution in [3.8, 4) is 0 Å². The Bertz CT molecular complexity index is 2690. The molecule has 1 saturated carbocycles. The maximum absolute atomic E-state index is 16.2. The lowest BCUT2D eigenvalue weighted by Gasteiger charge is -2.47. The number of hydrogen-bond acceptors (Lipinski definition) is 7. The van der Waals surface area contributed by atoms with E-state index < -0.39 is 40.7 Å². The maximum atomic E-state index is 16.2. The molecule has 0 radical (unpaired) electrons. The Labute approximate surface area is 374 Å². The van der Waals surface area contributed by atoms with Crippen molar-refractivity contribution in [3.05, 3.63) is 127 Å². The molecule has 15 heteroatoms. The molecule has 0 bridgehead atoms. The predicted octanol–water partition coefficient (Wildman–Crippen LogP) is 7.55. The number of benzene rings is 4. The zero-order valence-electron chi connectivity index (χ0n) is 35.0. The summed E-state index contributed by atoms with van der Waals surface area (Å²) in [6, 6.07) is 22.0. The van der Waals surface area contributed by atoms with E-state index in [0.717, 1.165) is 68.1 Å². The standard InChI is InChI=1S/C48H50Cl2FN7O5/c1-57-38-25-28(14-19-36(38)58(46(57)63)37-20-21-39(59)55-43(37)60)9-4-2-7-24-52-27-29-12-16-31(17-13-29)53-44(61)42-40(32-10-8-11-34(50)41(32)51)48(47(56-42)22-5-3-6-23-47)33-18-15-30(49)26-35(33)54-45(48)62/h8,10-19,25-26,37,40,42,52,56H,2-7,9,20-24,27H2,1H3,(H,53,61)(H,54,62)(H,55,59,60)/t37?,40-,42+,48+/m0/s1. The summed E-state index contributed by atoms with van der Waals surface area (Å²) in [5.74, 6) is -2.96. The molecule has 5 N–H and O–H groups in total. The van der Waals surface area contributed by atoms with E-state index in [2.05, 4.69) is 26.6 Å². The highest BCUT2D eigenvalue weighted by Crippen LogP contribution is 2.63. The number of imide groups is 1. The van der Waals surface area contributed by atoms with Crippen molar-refractivity contribution in [1.82, 2.24) is 25.1 Å². The lowest BCUT2D eigenvalue weighted by atomic mass is 9.55. The van der Waals surface area contributed by atoms with Gasteiger partial charge in [0.1, 0.15) is 17.3 Å². The molecule has 1 unspecified atom stereocenters. The van der Waals surface area contributed by atoms with Gasteiger partial charge in [0.15, 0.2) is 0 Å². The molecule has 12 nitrogen and oxygen atoms in total. The quantitative estimate of drug-likeness (QED) is 0.0640. The number of fused-ring (bicyclic) bond motifs is 4. The van der Waals surface area contributed by atoms with Gasteiger partial charge in [-0.3, -0.25) is 38.9 Å². The Morgan fingerprint density at radius 3 is 2.43 bits per heavy atom. The third kappa shape index (κ3) is 7.56.